The molecule has 0 spiro atoms. The van der Waals surface area contributed by atoms with Crippen LogP contribution in [0.3, 0.4) is 0 Å². The van der Waals surface area contributed by atoms with Crippen molar-refractivity contribution in [1.29, 1.82) is 0 Å². The molecule has 0 aromatic heterocycles. The highest BCUT2D eigenvalue weighted by atomic mass is 16.7. The first-order valence-electron chi connectivity index (χ1n) is 8.69. The number of hydrogen-bond acceptors (Lipinski definition) is 4. The number of benzene rings is 2. The molecule has 25 heavy (non-hydrogen) atoms. The Bertz CT molecular complexity index is 568. The van der Waals surface area contributed by atoms with Crippen molar-refractivity contribution in [2.45, 2.75) is 25.4 Å². The molecule has 0 radical (unpaired) electrons. The number of hydrogen-bond donors (Lipinski definition) is 0. The van der Waals surface area contributed by atoms with Gasteiger partial charge in [0.15, 0.2) is 0 Å². The molecule has 0 saturated heterocycles. The quantitative estimate of drug-likeness (QED) is 0.422. The molecule has 1 atom stereocenters. The standard InChI is InChI=1S/C21H28O4/c1-22-15-16-24-17-25-21(19-11-13-20(23-2)14-12-19)10-6-9-18-7-4-3-5-8-18/h3-5,7-8,11-14,21H,6,9-10,15-17H2,1-2H3. The van der Waals surface area contributed by atoms with E-state index in [1.807, 2.05) is 18.2 Å². The maximum absolute atomic E-state index is 5.97. The number of aryl methyl sites for hydroxylation is 1. The first-order chi connectivity index (χ1) is 12.3. The van der Waals surface area contributed by atoms with Gasteiger partial charge < -0.3 is 18.9 Å². The van der Waals surface area contributed by atoms with Gasteiger partial charge in [0.2, 0.25) is 0 Å². The van der Waals surface area contributed by atoms with E-state index in [1.54, 1.807) is 14.2 Å². The van der Waals surface area contributed by atoms with Crippen molar-refractivity contribution in [3.05, 3.63) is 65.7 Å². The molecule has 0 aliphatic carbocycles. The van der Waals surface area contributed by atoms with Gasteiger partial charge in [-0.25, -0.2) is 0 Å². The zero-order valence-corrected chi connectivity index (χ0v) is 15.1. The summed E-state index contributed by atoms with van der Waals surface area (Å²) in [5, 5.41) is 0. The van der Waals surface area contributed by atoms with Crippen LogP contribution in [0.4, 0.5) is 0 Å². The van der Waals surface area contributed by atoms with Crippen molar-refractivity contribution in [1.82, 2.24) is 0 Å². The Morgan fingerprint density at radius 3 is 2.32 bits per heavy atom. The third-order valence-corrected chi connectivity index (χ3v) is 4.05. The summed E-state index contributed by atoms with van der Waals surface area (Å²) in [5.41, 5.74) is 2.50. The molecule has 0 saturated carbocycles. The van der Waals surface area contributed by atoms with Gasteiger partial charge in [-0.1, -0.05) is 42.5 Å². The molecule has 0 bridgehead atoms. The third-order valence-electron chi connectivity index (χ3n) is 4.05. The van der Waals surface area contributed by atoms with Gasteiger partial charge in [-0.2, -0.15) is 0 Å². The fraction of sp³-hybridized carbons (Fsp3) is 0.429. The van der Waals surface area contributed by atoms with Gasteiger partial charge in [-0.15, -0.1) is 0 Å². The summed E-state index contributed by atoms with van der Waals surface area (Å²) >= 11 is 0. The molecule has 4 nitrogen and oxygen atoms in total. The molecule has 0 heterocycles. The lowest BCUT2D eigenvalue weighted by Gasteiger charge is -2.19. The van der Waals surface area contributed by atoms with E-state index < -0.39 is 0 Å². The van der Waals surface area contributed by atoms with Gasteiger partial charge >= 0.3 is 0 Å². The minimum Gasteiger partial charge on any atom is -0.497 e. The molecule has 2 aromatic rings. The topological polar surface area (TPSA) is 36.9 Å². The number of methoxy groups -OCH3 is 2. The Kier molecular flexibility index (Phi) is 9.05. The normalized spacial score (nSPS) is 12.1. The van der Waals surface area contributed by atoms with Gasteiger partial charge in [0, 0.05) is 7.11 Å². The summed E-state index contributed by atoms with van der Waals surface area (Å²) < 4.78 is 21.6. The van der Waals surface area contributed by atoms with Crippen molar-refractivity contribution < 1.29 is 18.9 Å². The lowest BCUT2D eigenvalue weighted by atomic mass is 10.0. The van der Waals surface area contributed by atoms with Crippen molar-refractivity contribution in [3.8, 4) is 5.75 Å². The van der Waals surface area contributed by atoms with Gasteiger partial charge in [-0.05, 0) is 42.5 Å². The van der Waals surface area contributed by atoms with E-state index in [2.05, 4.69) is 36.4 Å². The highest BCUT2D eigenvalue weighted by molar-refractivity contribution is 5.28. The molecule has 0 aliphatic heterocycles. The maximum Gasteiger partial charge on any atom is 0.147 e. The van der Waals surface area contributed by atoms with Crippen LogP contribution in [0, 0.1) is 0 Å². The Morgan fingerprint density at radius 1 is 0.880 bits per heavy atom. The van der Waals surface area contributed by atoms with E-state index in [-0.39, 0.29) is 12.9 Å². The van der Waals surface area contributed by atoms with E-state index in [9.17, 15) is 0 Å². The van der Waals surface area contributed by atoms with Crippen LogP contribution in [0.15, 0.2) is 54.6 Å². The van der Waals surface area contributed by atoms with Crippen molar-refractivity contribution in [3.63, 3.8) is 0 Å². The minimum atomic E-state index is 0.0113. The van der Waals surface area contributed by atoms with Crippen LogP contribution >= 0.6 is 0 Å². The SMILES string of the molecule is COCCOCOC(CCCc1ccccc1)c1ccc(OC)cc1. The fourth-order valence-electron chi connectivity index (χ4n) is 2.63. The average molecular weight is 344 g/mol. The predicted molar refractivity (Wildman–Crippen MR) is 98.9 cm³/mol. The summed E-state index contributed by atoms with van der Waals surface area (Å²) in [5.74, 6) is 0.850. The van der Waals surface area contributed by atoms with E-state index in [4.69, 9.17) is 18.9 Å². The highest BCUT2D eigenvalue weighted by Gasteiger charge is 2.12. The van der Waals surface area contributed by atoms with Crippen molar-refractivity contribution in [2.75, 3.05) is 34.2 Å². The van der Waals surface area contributed by atoms with Crippen LogP contribution < -0.4 is 4.74 Å². The number of rotatable bonds is 12. The fourth-order valence-corrected chi connectivity index (χ4v) is 2.63. The molecule has 0 fully saturated rings. The molecule has 1 unspecified atom stereocenters. The van der Waals surface area contributed by atoms with E-state index >= 15 is 0 Å². The first kappa shape index (κ1) is 19.4. The minimum absolute atomic E-state index is 0.0113. The zero-order valence-electron chi connectivity index (χ0n) is 15.1. The monoisotopic (exact) mass is 344 g/mol. The van der Waals surface area contributed by atoms with Crippen LogP contribution in [0.25, 0.3) is 0 Å². The Morgan fingerprint density at radius 2 is 1.64 bits per heavy atom. The van der Waals surface area contributed by atoms with Crippen LogP contribution in [-0.2, 0) is 20.6 Å². The molecule has 2 aromatic carbocycles. The van der Waals surface area contributed by atoms with Gasteiger partial charge in [0.25, 0.3) is 0 Å². The molecule has 0 amide bonds. The first-order valence-corrected chi connectivity index (χ1v) is 8.69. The van der Waals surface area contributed by atoms with Crippen LogP contribution in [-0.4, -0.2) is 34.2 Å². The van der Waals surface area contributed by atoms with Gasteiger partial charge in [0.05, 0.1) is 26.4 Å². The Labute approximate surface area is 150 Å². The third kappa shape index (κ3) is 7.26. The van der Waals surface area contributed by atoms with Crippen LogP contribution in [0.2, 0.25) is 0 Å². The largest absolute Gasteiger partial charge is 0.497 e. The number of ether oxygens (including phenoxy) is 4. The summed E-state index contributed by atoms with van der Waals surface area (Å²) in [6.45, 7) is 1.38. The molecule has 0 aliphatic rings. The molecular weight excluding hydrogens is 316 g/mol. The second-order valence-corrected chi connectivity index (χ2v) is 5.83. The van der Waals surface area contributed by atoms with Crippen LogP contribution in [0.1, 0.15) is 30.1 Å². The summed E-state index contributed by atoms with van der Waals surface area (Å²) in [7, 11) is 3.33. The van der Waals surface area contributed by atoms with Crippen molar-refractivity contribution >= 4 is 0 Å². The lowest BCUT2D eigenvalue weighted by Crippen LogP contribution is -2.11. The highest BCUT2D eigenvalue weighted by Crippen LogP contribution is 2.25. The second-order valence-electron chi connectivity index (χ2n) is 5.83. The predicted octanol–water partition coefficient (Wildman–Crippen LogP) is 4.40. The van der Waals surface area contributed by atoms with E-state index in [0.717, 1.165) is 30.6 Å². The van der Waals surface area contributed by atoms with Crippen LogP contribution in [0.5, 0.6) is 5.75 Å². The van der Waals surface area contributed by atoms with Crippen molar-refractivity contribution in [2.24, 2.45) is 0 Å². The zero-order chi connectivity index (χ0) is 17.7. The average Bonchev–Trinajstić information content (AvgIpc) is 2.67. The molecule has 0 N–H and O–H groups in total. The summed E-state index contributed by atoms with van der Waals surface area (Å²) in [4.78, 5) is 0. The van der Waals surface area contributed by atoms with E-state index in [1.165, 1.54) is 5.56 Å². The van der Waals surface area contributed by atoms with E-state index in [0.29, 0.717) is 13.2 Å². The van der Waals surface area contributed by atoms with Gasteiger partial charge in [-0.3, -0.25) is 0 Å². The molecular formula is C21H28O4. The summed E-state index contributed by atoms with van der Waals surface area (Å²) in [6.07, 6.45) is 3.05. The Balaban J connectivity index is 1.88. The van der Waals surface area contributed by atoms with Gasteiger partial charge in [0.1, 0.15) is 12.5 Å². The second kappa shape index (κ2) is 11.6. The lowest BCUT2D eigenvalue weighted by molar-refractivity contribution is -0.101. The molecule has 136 valence electrons. The molecule has 2 rings (SSSR count). The molecule has 4 heteroatoms. The smallest absolute Gasteiger partial charge is 0.147 e. The maximum atomic E-state index is 5.97. The Hall–Kier alpha value is -1.88. The summed E-state index contributed by atoms with van der Waals surface area (Å²) in [6, 6.07) is 18.6.